The van der Waals surface area contributed by atoms with Crippen molar-refractivity contribution in [2.45, 2.75) is 33.9 Å². The van der Waals surface area contributed by atoms with Crippen LogP contribution < -0.4 is 5.32 Å². The van der Waals surface area contributed by atoms with Crippen molar-refractivity contribution in [2.24, 2.45) is 0 Å². The van der Waals surface area contributed by atoms with E-state index in [2.05, 4.69) is 20.4 Å². The Morgan fingerprint density at radius 1 is 1.12 bits per heavy atom. The number of benzene rings is 1. The molecule has 1 aromatic carbocycles. The average molecular weight is 478 g/mol. The number of nitrogens with one attached hydrogen (secondary N) is 2. The lowest BCUT2D eigenvalue weighted by Gasteiger charge is -2.16. The van der Waals surface area contributed by atoms with Gasteiger partial charge in [-0.2, -0.15) is 5.10 Å². The van der Waals surface area contributed by atoms with Crippen LogP contribution in [0.25, 0.3) is 10.2 Å². The highest BCUT2D eigenvalue weighted by Gasteiger charge is 2.23. The second-order valence-corrected chi connectivity index (χ2v) is 9.31. The number of carbonyl (C=O) groups is 2. The number of aromatic nitrogens is 3. The molecule has 0 unspecified atom stereocenters. The molecule has 8 nitrogen and oxygen atoms in total. The predicted octanol–water partition coefficient (Wildman–Crippen LogP) is 4.62. The van der Waals surface area contributed by atoms with E-state index in [4.69, 9.17) is 9.72 Å². The van der Waals surface area contributed by atoms with Gasteiger partial charge in [0.1, 0.15) is 9.71 Å². The van der Waals surface area contributed by atoms with Crippen LogP contribution >= 0.6 is 11.3 Å². The molecule has 0 atom stereocenters. The minimum atomic E-state index is -0.507. The summed E-state index contributed by atoms with van der Waals surface area (Å²) in [5.74, 6) is -0.787. The number of rotatable bonds is 7. The van der Waals surface area contributed by atoms with E-state index < -0.39 is 5.97 Å². The van der Waals surface area contributed by atoms with E-state index in [0.717, 1.165) is 29.2 Å². The van der Waals surface area contributed by atoms with E-state index in [9.17, 15) is 9.59 Å². The Kier molecular flexibility index (Phi) is 6.76. The number of H-pyrrole nitrogens is 1. The van der Waals surface area contributed by atoms with Crippen LogP contribution in [0.15, 0.2) is 36.4 Å². The van der Waals surface area contributed by atoms with Crippen molar-refractivity contribution in [3.63, 3.8) is 0 Å². The third-order valence-electron chi connectivity index (χ3n) is 5.75. The molecule has 0 spiro atoms. The molecule has 176 valence electrons. The molecule has 0 radical (unpaired) electrons. The zero-order valence-corrected chi connectivity index (χ0v) is 20.7. The van der Waals surface area contributed by atoms with Crippen LogP contribution in [0.3, 0.4) is 0 Å². The number of carbonyl (C=O) groups excluding carboxylic acids is 2. The van der Waals surface area contributed by atoms with Crippen LogP contribution in [0.4, 0.5) is 5.69 Å². The third kappa shape index (κ3) is 4.71. The molecule has 34 heavy (non-hydrogen) atoms. The number of hydrogen-bond donors (Lipinski definition) is 2. The van der Waals surface area contributed by atoms with Crippen LogP contribution in [0, 0.1) is 20.8 Å². The molecule has 0 bridgehead atoms. The predicted molar refractivity (Wildman–Crippen MR) is 133 cm³/mol. The van der Waals surface area contributed by atoms with Gasteiger partial charge in [0.25, 0.3) is 5.91 Å². The van der Waals surface area contributed by atoms with Gasteiger partial charge in [-0.05, 0) is 51.6 Å². The van der Waals surface area contributed by atoms with Gasteiger partial charge in [-0.25, -0.2) is 9.78 Å². The highest BCUT2D eigenvalue weighted by atomic mass is 32.1. The molecule has 0 saturated carbocycles. The van der Waals surface area contributed by atoms with Crippen LogP contribution in [0.5, 0.6) is 0 Å². The zero-order chi connectivity index (χ0) is 24.4. The van der Waals surface area contributed by atoms with Crippen molar-refractivity contribution in [1.82, 2.24) is 20.1 Å². The summed E-state index contributed by atoms with van der Waals surface area (Å²) in [5, 5.41) is 10.9. The minimum Gasteiger partial charge on any atom is -0.465 e. The van der Waals surface area contributed by atoms with Crippen molar-refractivity contribution in [2.75, 3.05) is 19.5 Å². The molecule has 4 aromatic rings. The smallest absolute Gasteiger partial charge is 0.350 e. The van der Waals surface area contributed by atoms with Crippen LogP contribution in [0.1, 0.15) is 48.2 Å². The maximum Gasteiger partial charge on any atom is 0.350 e. The molecule has 2 N–H and O–H groups in total. The Morgan fingerprint density at radius 3 is 2.56 bits per heavy atom. The summed E-state index contributed by atoms with van der Waals surface area (Å²) in [4.78, 5) is 33.4. The fourth-order valence-corrected chi connectivity index (χ4v) is 4.95. The van der Waals surface area contributed by atoms with Gasteiger partial charge in [0.2, 0.25) is 0 Å². The quantitative estimate of drug-likeness (QED) is 0.377. The van der Waals surface area contributed by atoms with Gasteiger partial charge in [0, 0.05) is 35.3 Å². The van der Waals surface area contributed by atoms with Crippen LogP contribution in [-0.2, 0) is 17.8 Å². The van der Waals surface area contributed by atoms with Gasteiger partial charge in [-0.15, -0.1) is 11.3 Å². The van der Waals surface area contributed by atoms with Gasteiger partial charge in [0.15, 0.2) is 0 Å². The molecule has 9 heteroatoms. The van der Waals surface area contributed by atoms with Gasteiger partial charge < -0.3 is 10.1 Å². The van der Waals surface area contributed by atoms with Gasteiger partial charge in [-0.1, -0.05) is 18.2 Å². The maximum atomic E-state index is 13.0. The summed E-state index contributed by atoms with van der Waals surface area (Å²) in [7, 11) is 3.35. The maximum absolute atomic E-state index is 13.0. The van der Waals surface area contributed by atoms with Crippen LogP contribution in [0.2, 0.25) is 0 Å². The lowest BCUT2D eigenvalue weighted by Crippen LogP contribution is -2.18. The summed E-state index contributed by atoms with van der Waals surface area (Å²) in [6.45, 7) is 7.24. The monoisotopic (exact) mass is 477 g/mol. The number of anilines is 1. The SMILES string of the molecule is COC(=O)c1sc2nc(CN(C)Cc3c(C)n[nH]c3C)ccc2c1NC(=O)c1ccccc1C. The van der Waals surface area contributed by atoms with Crippen molar-refractivity contribution in [3.8, 4) is 0 Å². The van der Waals surface area contributed by atoms with Gasteiger partial charge >= 0.3 is 5.97 Å². The topological polar surface area (TPSA) is 100 Å². The highest BCUT2D eigenvalue weighted by molar-refractivity contribution is 7.21. The number of aryl methyl sites for hydroxylation is 3. The molecular formula is C25H27N5O3S. The molecule has 0 saturated heterocycles. The Balaban J connectivity index is 1.62. The van der Waals surface area contributed by atoms with Crippen molar-refractivity contribution in [1.29, 1.82) is 0 Å². The number of methoxy groups -OCH3 is 1. The summed E-state index contributed by atoms with van der Waals surface area (Å²) in [6.07, 6.45) is 0. The first-order valence-electron chi connectivity index (χ1n) is 10.8. The number of fused-ring (bicyclic) bond motifs is 1. The van der Waals surface area contributed by atoms with Crippen LogP contribution in [-0.4, -0.2) is 46.1 Å². The number of thiophene rings is 1. The lowest BCUT2D eigenvalue weighted by molar-refractivity contribution is 0.0607. The second kappa shape index (κ2) is 9.74. The van der Waals surface area contributed by atoms with E-state index in [0.29, 0.717) is 32.9 Å². The first-order chi connectivity index (χ1) is 16.3. The van der Waals surface area contributed by atoms with E-state index in [-0.39, 0.29) is 5.91 Å². The second-order valence-electron chi connectivity index (χ2n) is 8.31. The summed E-state index contributed by atoms with van der Waals surface area (Å²) in [5.41, 5.74) is 5.92. The normalized spacial score (nSPS) is 11.2. The molecule has 0 aliphatic carbocycles. The molecule has 0 aliphatic heterocycles. The standard InChI is InChI=1S/C25H27N5O3S/c1-14-8-6-7-9-18(14)23(31)27-21-19-11-10-17(26-24(19)34-22(21)25(32)33-5)12-30(4)13-20-15(2)28-29-16(20)3/h6-11H,12-13H2,1-5H3,(H,27,31)(H,28,29). The number of aromatic amines is 1. The minimum absolute atomic E-state index is 0.280. The lowest BCUT2D eigenvalue weighted by atomic mass is 10.1. The fraction of sp³-hybridized carbons (Fsp3) is 0.280. The van der Waals surface area contributed by atoms with Gasteiger partial charge in [-0.3, -0.25) is 14.8 Å². The molecule has 3 heterocycles. The van der Waals surface area contributed by atoms with E-state index in [1.807, 2.05) is 58.2 Å². The number of amides is 1. The number of nitrogens with zero attached hydrogens (tertiary/aromatic N) is 3. The van der Waals surface area contributed by atoms with E-state index in [1.54, 1.807) is 6.07 Å². The molecule has 4 rings (SSSR count). The van der Waals surface area contributed by atoms with Gasteiger partial charge in [0.05, 0.1) is 24.2 Å². The van der Waals surface area contributed by atoms with Crippen molar-refractivity contribution in [3.05, 3.63) is 75.0 Å². The fourth-order valence-electron chi connectivity index (χ4n) is 3.88. The third-order valence-corrected chi connectivity index (χ3v) is 6.83. The first kappa shape index (κ1) is 23.6. The molecular weight excluding hydrogens is 450 g/mol. The number of ether oxygens (including phenoxy) is 1. The molecule has 0 aliphatic rings. The van der Waals surface area contributed by atoms with E-state index in [1.165, 1.54) is 24.0 Å². The summed E-state index contributed by atoms with van der Waals surface area (Å²) < 4.78 is 4.97. The van der Waals surface area contributed by atoms with E-state index >= 15 is 0 Å². The Bertz CT molecular complexity index is 1350. The zero-order valence-electron chi connectivity index (χ0n) is 19.9. The molecule has 3 aromatic heterocycles. The Hall–Kier alpha value is -3.56. The Morgan fingerprint density at radius 2 is 1.88 bits per heavy atom. The molecule has 1 amide bonds. The summed E-state index contributed by atoms with van der Waals surface area (Å²) in [6, 6.07) is 11.1. The average Bonchev–Trinajstić information content (AvgIpc) is 3.33. The number of hydrogen-bond acceptors (Lipinski definition) is 7. The Labute approximate surface area is 202 Å². The first-order valence-corrected chi connectivity index (χ1v) is 11.7. The summed E-state index contributed by atoms with van der Waals surface area (Å²) >= 11 is 1.22. The van der Waals surface area contributed by atoms with Crippen molar-refractivity contribution >= 4 is 39.1 Å². The number of pyridine rings is 1. The highest BCUT2D eigenvalue weighted by Crippen LogP contribution is 2.36. The number of esters is 1. The van der Waals surface area contributed by atoms with Crippen molar-refractivity contribution < 1.29 is 14.3 Å². The molecule has 0 fully saturated rings. The largest absolute Gasteiger partial charge is 0.465 e.